The summed E-state index contributed by atoms with van der Waals surface area (Å²) in [5, 5.41) is 6.61. The minimum absolute atomic E-state index is 0.775. The molecule has 5 nitrogen and oxygen atoms in total. The number of imidazole rings is 1. The van der Waals surface area contributed by atoms with E-state index < -0.39 is 0 Å². The van der Waals surface area contributed by atoms with Crippen molar-refractivity contribution in [3.63, 3.8) is 0 Å². The van der Waals surface area contributed by atoms with E-state index in [2.05, 4.69) is 51.8 Å². The Bertz CT molecular complexity index is 545. The van der Waals surface area contributed by atoms with Gasteiger partial charge in [-0.15, -0.1) is 0 Å². The Hall–Kier alpha value is -2.30. The minimum Gasteiger partial charge on any atom is -0.355 e. The molecule has 2 rings (SSSR count). The quantitative estimate of drug-likeness (QED) is 0.641. The molecule has 0 aliphatic rings. The lowest BCUT2D eigenvalue weighted by molar-refractivity contribution is 0.661. The van der Waals surface area contributed by atoms with Gasteiger partial charge in [0.25, 0.3) is 0 Å². The van der Waals surface area contributed by atoms with E-state index in [9.17, 15) is 0 Å². The molecule has 0 saturated carbocycles. The number of aryl methyl sites for hydroxylation is 1. The fourth-order valence-electron chi connectivity index (χ4n) is 1.93. The van der Waals surface area contributed by atoms with Crippen molar-refractivity contribution < 1.29 is 0 Å². The van der Waals surface area contributed by atoms with Crippen LogP contribution in [0.4, 0.5) is 0 Å². The standard InChI is InChI=1S/C15H21N5/c1-13-5-3-4-6-14(13)11-19-15(16-2)18-8-10-20-9-7-17-12-20/h3-7,9,12H,8,10-11H2,1-2H3,(H2,16,18,19). The number of hydrogen-bond acceptors (Lipinski definition) is 2. The van der Waals surface area contributed by atoms with Crippen LogP contribution in [0.25, 0.3) is 0 Å². The molecule has 0 fully saturated rings. The molecule has 2 aromatic rings. The van der Waals surface area contributed by atoms with Gasteiger partial charge >= 0.3 is 0 Å². The lowest BCUT2D eigenvalue weighted by Gasteiger charge is -2.13. The Morgan fingerprint density at radius 1 is 1.30 bits per heavy atom. The largest absolute Gasteiger partial charge is 0.355 e. The summed E-state index contributed by atoms with van der Waals surface area (Å²) < 4.78 is 2.03. The molecule has 0 unspecified atom stereocenters. The summed E-state index contributed by atoms with van der Waals surface area (Å²) in [5.41, 5.74) is 2.57. The summed E-state index contributed by atoms with van der Waals surface area (Å²) in [5.74, 6) is 0.813. The van der Waals surface area contributed by atoms with Crippen LogP contribution in [0.5, 0.6) is 0 Å². The van der Waals surface area contributed by atoms with E-state index >= 15 is 0 Å². The summed E-state index contributed by atoms with van der Waals surface area (Å²) in [4.78, 5) is 8.24. The van der Waals surface area contributed by atoms with Crippen LogP contribution < -0.4 is 10.6 Å². The van der Waals surface area contributed by atoms with Crippen LogP contribution in [-0.4, -0.2) is 29.1 Å². The monoisotopic (exact) mass is 271 g/mol. The molecule has 0 radical (unpaired) electrons. The molecule has 0 aliphatic carbocycles. The summed E-state index contributed by atoms with van der Waals surface area (Å²) in [7, 11) is 1.78. The molecule has 2 N–H and O–H groups in total. The average molecular weight is 271 g/mol. The first kappa shape index (κ1) is 14.1. The van der Waals surface area contributed by atoms with Crippen molar-refractivity contribution in [3.05, 3.63) is 54.1 Å². The van der Waals surface area contributed by atoms with Gasteiger partial charge in [-0.2, -0.15) is 0 Å². The van der Waals surface area contributed by atoms with E-state index in [1.165, 1.54) is 11.1 Å². The van der Waals surface area contributed by atoms with Gasteiger partial charge in [0.1, 0.15) is 0 Å². The SMILES string of the molecule is CN=C(NCCn1ccnc1)NCc1ccccc1C. The fraction of sp³-hybridized carbons (Fsp3) is 0.333. The predicted molar refractivity (Wildman–Crippen MR) is 81.6 cm³/mol. The van der Waals surface area contributed by atoms with Crippen molar-refractivity contribution in [1.29, 1.82) is 0 Å². The Kier molecular flexibility index (Phi) is 5.17. The molecule has 1 heterocycles. The first-order chi connectivity index (χ1) is 9.79. The average Bonchev–Trinajstić information content (AvgIpc) is 2.97. The highest BCUT2D eigenvalue weighted by molar-refractivity contribution is 5.79. The molecule has 106 valence electrons. The highest BCUT2D eigenvalue weighted by atomic mass is 15.2. The number of aromatic nitrogens is 2. The molecule has 5 heteroatoms. The Morgan fingerprint density at radius 2 is 2.15 bits per heavy atom. The van der Waals surface area contributed by atoms with Gasteiger partial charge in [-0.25, -0.2) is 4.98 Å². The molecule has 0 amide bonds. The maximum Gasteiger partial charge on any atom is 0.191 e. The topological polar surface area (TPSA) is 54.2 Å². The lowest BCUT2D eigenvalue weighted by Crippen LogP contribution is -2.38. The van der Waals surface area contributed by atoms with Gasteiger partial charge in [0, 0.05) is 39.1 Å². The Morgan fingerprint density at radius 3 is 2.85 bits per heavy atom. The molecule has 20 heavy (non-hydrogen) atoms. The van der Waals surface area contributed by atoms with E-state index in [0.717, 1.165) is 25.6 Å². The van der Waals surface area contributed by atoms with Crippen LogP contribution >= 0.6 is 0 Å². The zero-order chi connectivity index (χ0) is 14.2. The van der Waals surface area contributed by atoms with Crippen LogP contribution in [0.2, 0.25) is 0 Å². The molecule has 0 bridgehead atoms. The molecule has 1 aromatic carbocycles. The third-order valence-corrected chi connectivity index (χ3v) is 3.15. The second kappa shape index (κ2) is 7.33. The van der Waals surface area contributed by atoms with Gasteiger partial charge in [-0.1, -0.05) is 24.3 Å². The highest BCUT2D eigenvalue weighted by Crippen LogP contribution is 2.05. The number of aliphatic imine (C=N–C) groups is 1. The fourth-order valence-corrected chi connectivity index (χ4v) is 1.93. The van der Waals surface area contributed by atoms with Crippen molar-refractivity contribution in [1.82, 2.24) is 20.2 Å². The first-order valence-corrected chi connectivity index (χ1v) is 6.74. The van der Waals surface area contributed by atoms with Gasteiger partial charge in [0.2, 0.25) is 0 Å². The number of hydrogen-bond donors (Lipinski definition) is 2. The normalized spacial score (nSPS) is 11.4. The van der Waals surface area contributed by atoms with Crippen LogP contribution in [0.15, 0.2) is 48.0 Å². The first-order valence-electron chi connectivity index (χ1n) is 6.74. The van der Waals surface area contributed by atoms with Crippen molar-refractivity contribution in [2.45, 2.75) is 20.0 Å². The molecule has 1 aromatic heterocycles. The van der Waals surface area contributed by atoms with Crippen molar-refractivity contribution in [2.75, 3.05) is 13.6 Å². The van der Waals surface area contributed by atoms with Crippen LogP contribution in [0.1, 0.15) is 11.1 Å². The van der Waals surface area contributed by atoms with E-state index in [0.29, 0.717) is 0 Å². The predicted octanol–water partition coefficient (Wildman–Crippen LogP) is 1.56. The van der Waals surface area contributed by atoms with Gasteiger partial charge in [-0.05, 0) is 18.1 Å². The molecule has 0 atom stereocenters. The van der Waals surface area contributed by atoms with Crippen LogP contribution in [0.3, 0.4) is 0 Å². The number of rotatable bonds is 5. The van der Waals surface area contributed by atoms with Crippen molar-refractivity contribution in [2.24, 2.45) is 4.99 Å². The molecular formula is C15H21N5. The zero-order valence-corrected chi connectivity index (χ0v) is 12.0. The maximum absolute atomic E-state index is 4.22. The van der Waals surface area contributed by atoms with Gasteiger partial charge < -0.3 is 15.2 Å². The second-order valence-electron chi connectivity index (χ2n) is 4.58. The van der Waals surface area contributed by atoms with Gasteiger partial charge in [0.15, 0.2) is 5.96 Å². The summed E-state index contributed by atoms with van der Waals surface area (Å²) in [6.45, 7) is 4.57. The van der Waals surface area contributed by atoms with E-state index in [1.807, 2.05) is 17.1 Å². The van der Waals surface area contributed by atoms with Gasteiger partial charge in [-0.3, -0.25) is 4.99 Å². The number of benzene rings is 1. The second-order valence-corrected chi connectivity index (χ2v) is 4.58. The highest BCUT2D eigenvalue weighted by Gasteiger charge is 2.00. The number of guanidine groups is 1. The third-order valence-electron chi connectivity index (χ3n) is 3.15. The van der Waals surface area contributed by atoms with E-state index in [1.54, 1.807) is 13.2 Å². The summed E-state index contributed by atoms with van der Waals surface area (Å²) in [6, 6.07) is 8.35. The minimum atomic E-state index is 0.775. The Balaban J connectivity index is 1.77. The van der Waals surface area contributed by atoms with Gasteiger partial charge in [0.05, 0.1) is 6.33 Å². The van der Waals surface area contributed by atoms with Crippen LogP contribution in [-0.2, 0) is 13.1 Å². The van der Waals surface area contributed by atoms with Crippen molar-refractivity contribution >= 4 is 5.96 Å². The summed E-state index contributed by atoms with van der Waals surface area (Å²) in [6.07, 6.45) is 5.54. The third kappa shape index (κ3) is 4.12. The van der Waals surface area contributed by atoms with E-state index in [4.69, 9.17) is 0 Å². The molecule has 0 saturated heterocycles. The number of nitrogens with one attached hydrogen (secondary N) is 2. The molecular weight excluding hydrogens is 250 g/mol. The van der Waals surface area contributed by atoms with Crippen molar-refractivity contribution in [3.8, 4) is 0 Å². The van der Waals surface area contributed by atoms with Crippen LogP contribution in [0, 0.1) is 6.92 Å². The maximum atomic E-state index is 4.22. The smallest absolute Gasteiger partial charge is 0.191 e. The Labute approximate surface area is 119 Å². The van der Waals surface area contributed by atoms with E-state index in [-0.39, 0.29) is 0 Å². The zero-order valence-electron chi connectivity index (χ0n) is 12.0. The molecule has 0 spiro atoms. The molecule has 0 aliphatic heterocycles. The summed E-state index contributed by atoms with van der Waals surface area (Å²) >= 11 is 0. The number of nitrogens with zero attached hydrogens (tertiary/aromatic N) is 3. The lowest BCUT2D eigenvalue weighted by atomic mass is 10.1.